The number of nitrogens with zero attached hydrogens (tertiary/aromatic N) is 2. The van der Waals surface area contributed by atoms with Crippen molar-refractivity contribution in [3.05, 3.63) is 0 Å². The molecule has 30 heavy (non-hydrogen) atoms. The predicted octanol–water partition coefficient (Wildman–Crippen LogP) is 1.98. The van der Waals surface area contributed by atoms with Crippen molar-refractivity contribution in [2.75, 3.05) is 49.3 Å². The maximum Gasteiger partial charge on any atom is 0.339 e. The Morgan fingerprint density at radius 2 is 1.40 bits per heavy atom. The monoisotopic (exact) mass is 455 g/mol. The number of hydrogen-bond donors (Lipinski definition) is 1. The second-order valence-electron chi connectivity index (χ2n) is 7.07. The third kappa shape index (κ3) is 17.5. The van der Waals surface area contributed by atoms with Crippen molar-refractivity contribution in [2.24, 2.45) is 16.3 Å². The number of methoxy groups -OCH3 is 5. The molecule has 0 aliphatic heterocycles. The number of rotatable bonds is 11. The van der Waals surface area contributed by atoms with E-state index in [9.17, 15) is 9.59 Å². The molecule has 0 aromatic carbocycles. The Kier molecular flexibility index (Phi) is 21.7. The third-order valence-electron chi connectivity index (χ3n) is 3.38. The smallest absolute Gasteiger partial charge is 0.339 e. The number of isocyanates is 1. The van der Waals surface area contributed by atoms with Gasteiger partial charge < -0.3 is 29.4 Å². The highest BCUT2D eigenvalue weighted by atomic mass is 28.3. The van der Waals surface area contributed by atoms with Crippen molar-refractivity contribution in [3.8, 4) is 0 Å². The Morgan fingerprint density at radius 3 is 1.60 bits per heavy atom. The fourth-order valence-corrected chi connectivity index (χ4v) is 2.37. The van der Waals surface area contributed by atoms with E-state index in [0.717, 1.165) is 5.06 Å². The van der Waals surface area contributed by atoms with E-state index < -0.39 is 26.6 Å². The number of hydrogen-bond acceptors (Lipinski definition) is 9. The molecule has 0 saturated heterocycles. The van der Waals surface area contributed by atoms with Gasteiger partial charge in [-0.1, -0.05) is 6.92 Å². The van der Waals surface area contributed by atoms with Crippen molar-refractivity contribution < 1.29 is 38.1 Å². The van der Waals surface area contributed by atoms with E-state index in [1.807, 2.05) is 26.6 Å². The molecule has 0 aromatic heterocycles. The van der Waals surface area contributed by atoms with Gasteiger partial charge in [-0.3, -0.25) is 4.84 Å². The molecular formula is C18H41N3O8Si. The summed E-state index contributed by atoms with van der Waals surface area (Å²) in [6.07, 6.45) is 0.829. The van der Waals surface area contributed by atoms with E-state index in [1.54, 1.807) is 34.3 Å². The van der Waals surface area contributed by atoms with E-state index in [1.165, 1.54) is 21.3 Å². The number of nitrogens with two attached hydrogens (primary N) is 1. The van der Waals surface area contributed by atoms with Gasteiger partial charge in [-0.25, -0.2) is 14.2 Å². The summed E-state index contributed by atoms with van der Waals surface area (Å²) in [6.45, 7) is 10.3. The highest BCUT2D eigenvalue weighted by Crippen LogP contribution is 2.08. The van der Waals surface area contributed by atoms with Crippen LogP contribution in [0.4, 0.5) is 4.79 Å². The first-order chi connectivity index (χ1) is 13.9. The van der Waals surface area contributed by atoms with Crippen LogP contribution in [0.1, 0.15) is 13.8 Å². The maximum atomic E-state index is 10.8. The van der Waals surface area contributed by atoms with Crippen LogP contribution in [0.25, 0.3) is 0 Å². The molecule has 0 saturated carbocycles. The molecule has 2 N–H and O–H groups in total. The Hall–Kier alpha value is -1.37. The zero-order valence-corrected chi connectivity index (χ0v) is 21.3. The Morgan fingerprint density at radius 1 is 0.967 bits per heavy atom. The van der Waals surface area contributed by atoms with Crippen LogP contribution in [0.15, 0.2) is 4.66 Å². The van der Waals surface area contributed by atoms with Gasteiger partial charge in [0.05, 0.1) is 13.7 Å². The summed E-state index contributed by atoms with van der Waals surface area (Å²) in [5.41, 5.74) is 5.05. The first kappa shape index (κ1) is 33.3. The Labute approximate surface area is 181 Å². The molecule has 0 rings (SSSR count). The first-order valence-corrected chi connectivity index (χ1v) is 12.7. The molecule has 0 aliphatic carbocycles. The predicted molar refractivity (Wildman–Crippen MR) is 116 cm³/mol. The van der Waals surface area contributed by atoms with Crippen LogP contribution in [-0.2, 0) is 33.3 Å². The maximum absolute atomic E-state index is 10.8. The largest absolute Gasteiger partial charge is 0.384 e. The summed E-state index contributed by atoms with van der Waals surface area (Å²) >= 11 is 0. The molecule has 12 heteroatoms. The van der Waals surface area contributed by atoms with Crippen molar-refractivity contribution in [1.82, 2.24) is 5.06 Å². The number of carbonyl (C=O) groups is 1. The molecule has 0 radical (unpaired) electrons. The topological polar surface area (TPSA) is 131 Å². The van der Waals surface area contributed by atoms with E-state index in [4.69, 9.17) is 34.3 Å². The molecule has 0 spiro atoms. The lowest BCUT2D eigenvalue weighted by atomic mass is 10.2. The second-order valence-corrected chi connectivity index (χ2v) is 11.6. The highest BCUT2D eigenvalue weighted by molar-refractivity contribution is 6.74. The lowest BCUT2D eigenvalue weighted by molar-refractivity contribution is -0.202. The molecule has 0 aromatic rings. The normalized spacial score (nSPS) is 12.7. The number of amides is 2. The third-order valence-corrected chi connectivity index (χ3v) is 4.14. The summed E-state index contributed by atoms with van der Waals surface area (Å²) < 4.78 is 28.4. The molecule has 0 heterocycles. The first-order valence-electron chi connectivity index (χ1n) is 9.22. The fraction of sp³-hybridized carbons (Fsp3) is 0.889. The molecule has 0 bridgehead atoms. The second kappa shape index (κ2) is 19.6. The minimum Gasteiger partial charge on any atom is -0.384 e. The Balaban J connectivity index is -0.000000383. The zero-order valence-electron chi connectivity index (χ0n) is 20.3. The fourth-order valence-electron chi connectivity index (χ4n) is 2.10. The quantitative estimate of drug-likeness (QED) is 0.164. The van der Waals surface area contributed by atoms with Crippen LogP contribution < -0.4 is 5.73 Å². The van der Waals surface area contributed by atoms with Crippen molar-refractivity contribution in [3.63, 3.8) is 0 Å². The van der Waals surface area contributed by atoms with E-state index in [0.29, 0.717) is 6.61 Å². The van der Waals surface area contributed by atoms with E-state index in [-0.39, 0.29) is 12.2 Å². The molecule has 0 aliphatic rings. The van der Waals surface area contributed by atoms with Crippen molar-refractivity contribution in [2.45, 2.75) is 52.1 Å². The molecular weight excluding hydrogens is 414 g/mol. The minimum absolute atomic E-state index is 0.153. The van der Waals surface area contributed by atoms with Gasteiger partial charge in [0.2, 0.25) is 6.08 Å². The van der Waals surface area contributed by atoms with Crippen LogP contribution in [0.2, 0.25) is 19.6 Å². The highest BCUT2D eigenvalue weighted by Gasteiger charge is 2.26. The Bertz CT molecular complexity index is 465. The van der Waals surface area contributed by atoms with Gasteiger partial charge in [0.1, 0.15) is 6.04 Å². The number of carbonyl (C=O) groups excluding carboxylic acids is 2. The number of primary amides is 1. The summed E-state index contributed by atoms with van der Waals surface area (Å²) in [4.78, 5) is 25.1. The molecule has 0 fully saturated rings. The van der Waals surface area contributed by atoms with Crippen LogP contribution in [0, 0.1) is 5.92 Å². The zero-order chi connectivity index (χ0) is 24.3. The number of hydroxylamine groups is 2. The standard InChI is InChI=1S/C7H16N2O4.C7H16O3.C4H9NOSi/c1-5(6(11-2)12-3)9(13-4)7(8)10;1-6(5-8-2)7(9-3)10-4;1-7(2,3)5-4-6/h5-6H,1-4H3,(H2,8,10);6-7H,5H2,1-4H3;1-3H3. The van der Waals surface area contributed by atoms with Gasteiger partial charge in [-0.05, 0) is 26.6 Å². The summed E-state index contributed by atoms with van der Waals surface area (Å²) in [5, 5.41) is 0.984. The van der Waals surface area contributed by atoms with Gasteiger partial charge in [0.25, 0.3) is 0 Å². The molecule has 180 valence electrons. The van der Waals surface area contributed by atoms with E-state index >= 15 is 0 Å². The van der Waals surface area contributed by atoms with Crippen molar-refractivity contribution >= 4 is 20.3 Å². The van der Waals surface area contributed by atoms with Crippen LogP contribution in [-0.4, -0.2) is 93.3 Å². The molecule has 2 atom stereocenters. The number of ether oxygens (including phenoxy) is 5. The average Bonchev–Trinajstić information content (AvgIpc) is 2.64. The van der Waals surface area contributed by atoms with Crippen molar-refractivity contribution in [1.29, 1.82) is 0 Å². The minimum atomic E-state index is -1.46. The summed E-state index contributed by atoms with van der Waals surface area (Å²) in [5.74, 6) is 0.278. The molecule has 2 amide bonds. The molecule has 11 nitrogen and oxygen atoms in total. The van der Waals surface area contributed by atoms with Crippen LogP contribution in [0.3, 0.4) is 0 Å². The average molecular weight is 456 g/mol. The lowest BCUT2D eigenvalue weighted by Gasteiger charge is -2.29. The van der Waals surface area contributed by atoms with Crippen LogP contribution in [0.5, 0.6) is 0 Å². The van der Waals surface area contributed by atoms with Gasteiger partial charge in [-0.2, -0.15) is 5.06 Å². The van der Waals surface area contributed by atoms with Gasteiger partial charge in [-0.15, -0.1) is 0 Å². The van der Waals surface area contributed by atoms with Gasteiger partial charge in [0, 0.05) is 41.5 Å². The van der Waals surface area contributed by atoms with Gasteiger partial charge >= 0.3 is 6.03 Å². The SMILES string of the molecule is COC(OC)C(C)N(OC)C(N)=O.COCC(C)C(OC)OC.C[Si](C)(C)N=C=O. The van der Waals surface area contributed by atoms with Gasteiger partial charge in [0.15, 0.2) is 20.8 Å². The van der Waals surface area contributed by atoms with E-state index in [2.05, 4.69) is 4.66 Å². The lowest BCUT2D eigenvalue weighted by Crippen LogP contribution is -2.48. The number of urea groups is 1. The van der Waals surface area contributed by atoms with Crippen LogP contribution >= 0.6 is 0 Å². The summed E-state index contributed by atoms with van der Waals surface area (Å²) in [6, 6.07) is -1.09. The molecule has 2 unspecified atom stereocenters. The summed E-state index contributed by atoms with van der Waals surface area (Å²) in [7, 11) is 7.75.